The van der Waals surface area contributed by atoms with Crippen molar-refractivity contribution in [1.29, 1.82) is 0 Å². The van der Waals surface area contributed by atoms with Crippen LogP contribution in [0.3, 0.4) is 0 Å². The van der Waals surface area contributed by atoms with E-state index in [0.717, 1.165) is 27.5 Å². The molecule has 0 spiro atoms. The van der Waals surface area contributed by atoms with E-state index in [1.165, 1.54) is 17.8 Å². The molecule has 0 saturated heterocycles. The van der Waals surface area contributed by atoms with Crippen LogP contribution in [0.1, 0.15) is 28.4 Å². The molecule has 32 heavy (non-hydrogen) atoms. The molecule has 1 unspecified atom stereocenters. The van der Waals surface area contributed by atoms with Crippen LogP contribution in [0, 0.1) is 0 Å². The number of hydrogen-bond acceptors (Lipinski definition) is 3. The number of carbonyl (C=O) groups excluding carboxylic acids is 1. The zero-order valence-electron chi connectivity index (χ0n) is 17.2. The molecule has 4 rings (SSSR count). The van der Waals surface area contributed by atoms with Gasteiger partial charge in [0.1, 0.15) is 6.04 Å². The standard InChI is InChI=1S/C22H19ClF3N3O3/c1-12(22(24,25)26)29-10-16-7-15(8-17(23)19(16)20(29)31)14-5-3-13(4-6-14)9-28-11-18(30)27(2)21(28)32/h3-8,11-12,30H,9-10H2,1-2H3. The lowest BCUT2D eigenvalue weighted by molar-refractivity contribution is -0.172. The molecule has 1 aliphatic heterocycles. The number of hydrogen-bond donors (Lipinski definition) is 1. The van der Waals surface area contributed by atoms with Gasteiger partial charge in [0.25, 0.3) is 5.91 Å². The van der Waals surface area contributed by atoms with Crippen LogP contribution in [-0.4, -0.2) is 37.3 Å². The van der Waals surface area contributed by atoms with Gasteiger partial charge in [-0.2, -0.15) is 13.2 Å². The summed E-state index contributed by atoms with van der Waals surface area (Å²) in [5.74, 6) is -0.865. The first-order chi connectivity index (χ1) is 15.0. The maximum atomic E-state index is 13.1. The predicted molar refractivity (Wildman–Crippen MR) is 113 cm³/mol. The van der Waals surface area contributed by atoms with Crippen LogP contribution in [0.4, 0.5) is 13.2 Å². The largest absolute Gasteiger partial charge is 0.493 e. The molecule has 10 heteroatoms. The number of fused-ring (bicyclic) bond motifs is 1. The van der Waals surface area contributed by atoms with Crippen LogP contribution in [0.15, 0.2) is 47.4 Å². The third kappa shape index (κ3) is 3.77. The number of imidazole rings is 1. The monoisotopic (exact) mass is 465 g/mol. The molecular formula is C22H19ClF3N3O3. The smallest absolute Gasteiger partial charge is 0.408 e. The van der Waals surface area contributed by atoms with E-state index in [-0.39, 0.29) is 35.2 Å². The second kappa shape index (κ2) is 7.74. The fourth-order valence-electron chi connectivity index (χ4n) is 3.77. The second-order valence-corrected chi connectivity index (χ2v) is 8.20. The summed E-state index contributed by atoms with van der Waals surface area (Å²) in [5.41, 5.74) is 2.45. The van der Waals surface area contributed by atoms with Crippen molar-refractivity contribution in [3.8, 4) is 17.0 Å². The molecule has 1 N–H and O–H groups in total. The Morgan fingerprint density at radius 2 is 1.78 bits per heavy atom. The summed E-state index contributed by atoms with van der Waals surface area (Å²) in [7, 11) is 1.47. The fourth-order valence-corrected chi connectivity index (χ4v) is 4.09. The van der Waals surface area contributed by atoms with Crippen LogP contribution >= 0.6 is 11.6 Å². The third-order valence-corrected chi connectivity index (χ3v) is 6.01. The van der Waals surface area contributed by atoms with E-state index in [4.69, 9.17) is 11.6 Å². The number of aromatic nitrogens is 2. The lowest BCUT2D eigenvalue weighted by Crippen LogP contribution is -2.43. The van der Waals surface area contributed by atoms with Crippen molar-refractivity contribution in [2.45, 2.75) is 32.2 Å². The fraction of sp³-hybridized carbons (Fsp3) is 0.273. The van der Waals surface area contributed by atoms with E-state index in [1.54, 1.807) is 36.4 Å². The summed E-state index contributed by atoms with van der Waals surface area (Å²) in [6, 6.07) is 8.53. The molecule has 3 aromatic rings. The highest BCUT2D eigenvalue weighted by Gasteiger charge is 2.45. The number of aromatic hydroxyl groups is 1. The third-order valence-electron chi connectivity index (χ3n) is 5.72. The molecule has 0 aliphatic carbocycles. The molecule has 1 amide bonds. The van der Waals surface area contributed by atoms with Gasteiger partial charge in [0.05, 0.1) is 23.3 Å². The normalized spacial score (nSPS) is 14.7. The van der Waals surface area contributed by atoms with E-state index < -0.39 is 18.1 Å². The number of amides is 1. The van der Waals surface area contributed by atoms with E-state index >= 15 is 0 Å². The molecule has 0 radical (unpaired) electrons. The Kier molecular flexibility index (Phi) is 5.32. The average molecular weight is 466 g/mol. The summed E-state index contributed by atoms with van der Waals surface area (Å²) < 4.78 is 41.9. The highest BCUT2D eigenvalue weighted by molar-refractivity contribution is 6.34. The molecule has 0 bridgehead atoms. The Balaban J connectivity index is 1.60. The summed E-state index contributed by atoms with van der Waals surface area (Å²) in [6.45, 7) is 1.05. The number of halogens is 4. The average Bonchev–Trinajstić information content (AvgIpc) is 3.19. The summed E-state index contributed by atoms with van der Waals surface area (Å²) in [4.78, 5) is 25.3. The Hall–Kier alpha value is -3.20. The Morgan fingerprint density at radius 1 is 1.12 bits per heavy atom. The van der Waals surface area contributed by atoms with Gasteiger partial charge >= 0.3 is 11.9 Å². The van der Waals surface area contributed by atoms with Gasteiger partial charge < -0.3 is 10.0 Å². The number of rotatable bonds is 4. The van der Waals surface area contributed by atoms with Crippen LogP contribution < -0.4 is 5.69 Å². The molecule has 1 aliphatic rings. The first kappa shape index (κ1) is 22.0. The van der Waals surface area contributed by atoms with Gasteiger partial charge in [0, 0.05) is 13.6 Å². The van der Waals surface area contributed by atoms with E-state index in [2.05, 4.69) is 0 Å². The number of nitrogens with zero attached hydrogens (tertiary/aromatic N) is 3. The van der Waals surface area contributed by atoms with Crippen molar-refractivity contribution >= 4 is 17.5 Å². The highest BCUT2D eigenvalue weighted by Crippen LogP contribution is 2.37. The van der Waals surface area contributed by atoms with Crippen LogP contribution in [0.5, 0.6) is 5.88 Å². The minimum Gasteiger partial charge on any atom is -0.493 e. The molecule has 6 nitrogen and oxygen atoms in total. The number of alkyl halides is 3. The SMILES string of the molecule is CC(N1Cc2cc(-c3ccc(Cn4cc(O)n(C)c4=O)cc3)cc(Cl)c2C1=O)C(F)(F)F. The van der Waals surface area contributed by atoms with Crippen molar-refractivity contribution in [3.05, 3.63) is 74.8 Å². The first-order valence-electron chi connectivity index (χ1n) is 9.72. The van der Waals surface area contributed by atoms with Crippen molar-refractivity contribution in [1.82, 2.24) is 14.0 Å². The quantitative estimate of drug-likeness (QED) is 0.629. The Labute approximate surface area is 186 Å². The zero-order chi connectivity index (χ0) is 23.4. The van der Waals surface area contributed by atoms with E-state index in [9.17, 15) is 27.9 Å². The molecule has 2 heterocycles. The first-order valence-corrected chi connectivity index (χ1v) is 10.1. The van der Waals surface area contributed by atoms with Crippen LogP contribution in [-0.2, 0) is 20.1 Å². The van der Waals surface area contributed by atoms with Crippen molar-refractivity contribution < 1.29 is 23.1 Å². The molecule has 1 aromatic heterocycles. The molecular weight excluding hydrogens is 447 g/mol. The van der Waals surface area contributed by atoms with Gasteiger partial charge in [-0.3, -0.25) is 13.9 Å². The minimum atomic E-state index is -4.53. The van der Waals surface area contributed by atoms with Gasteiger partial charge in [-0.15, -0.1) is 0 Å². The van der Waals surface area contributed by atoms with Gasteiger partial charge in [-0.25, -0.2) is 4.79 Å². The molecule has 168 valence electrons. The van der Waals surface area contributed by atoms with Gasteiger partial charge in [-0.1, -0.05) is 35.9 Å². The Morgan fingerprint density at radius 3 is 2.34 bits per heavy atom. The van der Waals surface area contributed by atoms with Gasteiger partial charge in [0.2, 0.25) is 5.88 Å². The van der Waals surface area contributed by atoms with Gasteiger partial charge in [-0.05, 0) is 41.3 Å². The summed E-state index contributed by atoms with van der Waals surface area (Å²) in [6.07, 6.45) is -3.18. The molecule has 0 saturated carbocycles. The Bertz CT molecular complexity index is 1260. The van der Waals surface area contributed by atoms with Gasteiger partial charge in [0.15, 0.2) is 0 Å². The van der Waals surface area contributed by atoms with Crippen LogP contribution in [0.25, 0.3) is 11.1 Å². The molecule has 2 aromatic carbocycles. The van der Waals surface area contributed by atoms with Crippen molar-refractivity contribution in [2.24, 2.45) is 7.05 Å². The zero-order valence-corrected chi connectivity index (χ0v) is 17.9. The number of benzene rings is 2. The minimum absolute atomic E-state index is 0.103. The van der Waals surface area contributed by atoms with Crippen LogP contribution in [0.2, 0.25) is 5.02 Å². The van der Waals surface area contributed by atoms with Crippen molar-refractivity contribution in [3.63, 3.8) is 0 Å². The van der Waals surface area contributed by atoms with E-state index in [1.807, 2.05) is 0 Å². The molecule has 1 atom stereocenters. The summed E-state index contributed by atoms with van der Waals surface area (Å²) in [5, 5.41) is 9.76. The maximum Gasteiger partial charge on any atom is 0.408 e. The molecule has 0 fully saturated rings. The van der Waals surface area contributed by atoms with Crippen molar-refractivity contribution in [2.75, 3.05) is 0 Å². The summed E-state index contributed by atoms with van der Waals surface area (Å²) >= 11 is 6.28. The maximum absolute atomic E-state index is 13.1. The lowest BCUT2D eigenvalue weighted by Gasteiger charge is -2.26. The number of carbonyl (C=O) groups is 1. The highest BCUT2D eigenvalue weighted by atomic mass is 35.5. The topological polar surface area (TPSA) is 67.5 Å². The van der Waals surface area contributed by atoms with E-state index in [0.29, 0.717) is 11.1 Å². The lowest BCUT2D eigenvalue weighted by atomic mass is 9.99. The second-order valence-electron chi connectivity index (χ2n) is 7.80. The predicted octanol–water partition coefficient (Wildman–Crippen LogP) is 4.17.